The second-order valence-corrected chi connectivity index (χ2v) is 4.69. The van der Waals surface area contributed by atoms with Gasteiger partial charge < -0.3 is 5.11 Å². The predicted molar refractivity (Wildman–Crippen MR) is 59.5 cm³/mol. The molecule has 0 saturated carbocycles. The van der Waals surface area contributed by atoms with E-state index in [-0.39, 0.29) is 6.42 Å². The molecule has 0 radical (unpaired) electrons. The van der Waals surface area contributed by atoms with Crippen molar-refractivity contribution in [3.8, 4) is 0 Å². The van der Waals surface area contributed by atoms with E-state index in [1.807, 2.05) is 12.1 Å². The number of hydrogen-bond acceptors (Lipinski definition) is 3. The molecule has 0 unspecified atom stereocenters. The molecule has 76 valence electrons. The van der Waals surface area contributed by atoms with Crippen molar-refractivity contribution >= 4 is 33.7 Å². The van der Waals surface area contributed by atoms with E-state index in [1.165, 1.54) is 0 Å². The van der Waals surface area contributed by atoms with Crippen LogP contribution in [0.4, 0.5) is 0 Å². The Morgan fingerprint density at radius 2 is 2.36 bits per heavy atom. The van der Waals surface area contributed by atoms with E-state index in [2.05, 4.69) is 20.9 Å². The lowest BCUT2D eigenvalue weighted by molar-refractivity contribution is -0.137. The normalized spacial score (nSPS) is 10.1. The number of aliphatic carboxylic acids is 1. The molecule has 0 amide bonds. The summed E-state index contributed by atoms with van der Waals surface area (Å²) < 4.78 is 0.951. The zero-order chi connectivity index (χ0) is 10.4. The summed E-state index contributed by atoms with van der Waals surface area (Å²) in [5, 5.41) is 9.35. The molecule has 0 aliphatic heterocycles. The highest BCUT2D eigenvalue weighted by Gasteiger charge is 1.98. The number of carboxylic acids is 1. The Morgan fingerprint density at radius 1 is 1.57 bits per heavy atom. The number of pyridine rings is 1. The Balaban J connectivity index is 2.25. The Hall–Kier alpha value is -0.550. The summed E-state index contributed by atoms with van der Waals surface area (Å²) in [5.74, 6) is 0.0513. The quantitative estimate of drug-likeness (QED) is 0.663. The van der Waals surface area contributed by atoms with Crippen molar-refractivity contribution in [1.29, 1.82) is 0 Å². The van der Waals surface area contributed by atoms with E-state index in [1.54, 1.807) is 18.0 Å². The number of halogens is 1. The second kappa shape index (κ2) is 6.03. The summed E-state index contributed by atoms with van der Waals surface area (Å²) in [4.78, 5) is 14.4. The van der Waals surface area contributed by atoms with Gasteiger partial charge in [0.05, 0.1) is 5.03 Å². The second-order valence-electron chi connectivity index (χ2n) is 2.66. The van der Waals surface area contributed by atoms with Gasteiger partial charge in [0.15, 0.2) is 0 Å². The van der Waals surface area contributed by atoms with E-state index in [0.29, 0.717) is 6.42 Å². The van der Waals surface area contributed by atoms with Gasteiger partial charge in [-0.3, -0.25) is 4.79 Å². The Bertz CT molecular complexity index is 302. The molecular formula is C9H10BrNO2S. The van der Waals surface area contributed by atoms with E-state index in [9.17, 15) is 4.79 Å². The summed E-state index contributed by atoms with van der Waals surface area (Å²) >= 11 is 4.87. The highest BCUT2D eigenvalue weighted by Crippen LogP contribution is 2.18. The first-order chi connectivity index (χ1) is 6.68. The van der Waals surface area contributed by atoms with Gasteiger partial charge in [0, 0.05) is 22.8 Å². The number of hydrogen-bond donors (Lipinski definition) is 1. The molecule has 14 heavy (non-hydrogen) atoms. The van der Waals surface area contributed by atoms with Crippen molar-refractivity contribution in [2.45, 2.75) is 17.9 Å². The van der Waals surface area contributed by atoms with E-state index in [4.69, 9.17) is 5.11 Å². The summed E-state index contributed by atoms with van der Waals surface area (Å²) in [6, 6.07) is 3.84. The van der Waals surface area contributed by atoms with Gasteiger partial charge in [-0.25, -0.2) is 4.98 Å². The van der Waals surface area contributed by atoms with Gasteiger partial charge in [-0.2, -0.15) is 0 Å². The topological polar surface area (TPSA) is 50.2 Å². The first-order valence-electron chi connectivity index (χ1n) is 4.14. The third-order valence-corrected chi connectivity index (χ3v) is 2.98. The first kappa shape index (κ1) is 11.5. The van der Waals surface area contributed by atoms with Gasteiger partial charge in [0.2, 0.25) is 0 Å². The molecule has 3 nitrogen and oxygen atoms in total. The van der Waals surface area contributed by atoms with Gasteiger partial charge in [-0.15, -0.1) is 11.8 Å². The molecule has 0 aliphatic rings. The van der Waals surface area contributed by atoms with Crippen molar-refractivity contribution < 1.29 is 9.90 Å². The smallest absolute Gasteiger partial charge is 0.303 e. The molecule has 5 heteroatoms. The fraction of sp³-hybridized carbons (Fsp3) is 0.333. The molecule has 0 saturated heterocycles. The molecule has 1 aromatic heterocycles. The number of nitrogens with zero attached hydrogens (tertiary/aromatic N) is 1. The standard InChI is InChI=1S/C9H10BrNO2S/c10-7-3-4-8(11-6-7)14-5-1-2-9(12)13/h3-4,6H,1-2,5H2,(H,12,13). The number of thioether (sulfide) groups is 1. The van der Waals surface area contributed by atoms with Gasteiger partial charge in [0.1, 0.15) is 0 Å². The van der Waals surface area contributed by atoms with Crippen molar-refractivity contribution in [2.24, 2.45) is 0 Å². The van der Waals surface area contributed by atoms with E-state index in [0.717, 1.165) is 15.3 Å². The van der Waals surface area contributed by atoms with Gasteiger partial charge in [-0.1, -0.05) is 0 Å². The molecular weight excluding hydrogens is 266 g/mol. The fourth-order valence-corrected chi connectivity index (χ4v) is 1.87. The van der Waals surface area contributed by atoms with Crippen LogP contribution in [0.3, 0.4) is 0 Å². The lowest BCUT2D eigenvalue weighted by Gasteiger charge is -1.98. The number of aromatic nitrogens is 1. The molecule has 0 aromatic carbocycles. The van der Waals surface area contributed by atoms with Crippen LogP contribution >= 0.6 is 27.7 Å². The van der Waals surface area contributed by atoms with Gasteiger partial charge in [-0.05, 0) is 34.5 Å². The zero-order valence-electron chi connectivity index (χ0n) is 7.44. The summed E-state index contributed by atoms with van der Waals surface area (Å²) in [6.07, 6.45) is 2.64. The predicted octanol–water partition coefficient (Wildman–Crippen LogP) is 2.80. The van der Waals surface area contributed by atoms with E-state index < -0.39 is 5.97 Å². The lowest BCUT2D eigenvalue weighted by atomic mass is 10.3. The van der Waals surface area contributed by atoms with Crippen molar-refractivity contribution in [2.75, 3.05) is 5.75 Å². The Kier molecular flexibility index (Phi) is 4.97. The minimum absolute atomic E-state index is 0.226. The van der Waals surface area contributed by atoms with Crippen molar-refractivity contribution in [3.05, 3.63) is 22.8 Å². The van der Waals surface area contributed by atoms with Crippen LogP contribution in [0.2, 0.25) is 0 Å². The molecule has 0 aliphatic carbocycles. The molecule has 0 spiro atoms. The maximum atomic E-state index is 10.2. The Morgan fingerprint density at radius 3 is 2.93 bits per heavy atom. The maximum absolute atomic E-state index is 10.2. The van der Waals surface area contributed by atoms with Crippen LogP contribution < -0.4 is 0 Å². The average Bonchev–Trinajstić information content (AvgIpc) is 2.15. The highest BCUT2D eigenvalue weighted by molar-refractivity contribution is 9.10. The lowest BCUT2D eigenvalue weighted by Crippen LogP contribution is -1.94. The van der Waals surface area contributed by atoms with Crippen molar-refractivity contribution in [3.63, 3.8) is 0 Å². The molecule has 1 aromatic rings. The summed E-state index contributed by atoms with van der Waals surface area (Å²) in [7, 11) is 0. The summed E-state index contributed by atoms with van der Waals surface area (Å²) in [6.45, 7) is 0. The van der Waals surface area contributed by atoms with Crippen LogP contribution in [0.5, 0.6) is 0 Å². The van der Waals surface area contributed by atoms with Crippen molar-refractivity contribution in [1.82, 2.24) is 4.98 Å². The third-order valence-electron chi connectivity index (χ3n) is 1.49. The van der Waals surface area contributed by atoms with Crippen LogP contribution in [0.25, 0.3) is 0 Å². The fourth-order valence-electron chi connectivity index (χ4n) is 0.848. The number of carbonyl (C=O) groups is 1. The largest absolute Gasteiger partial charge is 0.481 e. The number of rotatable bonds is 5. The first-order valence-corrected chi connectivity index (χ1v) is 5.92. The highest BCUT2D eigenvalue weighted by atomic mass is 79.9. The van der Waals surface area contributed by atoms with Gasteiger partial charge in [0.25, 0.3) is 0 Å². The molecule has 1 rings (SSSR count). The van der Waals surface area contributed by atoms with Crippen LogP contribution in [0, 0.1) is 0 Å². The number of carboxylic acid groups (broad SMARTS) is 1. The van der Waals surface area contributed by atoms with Gasteiger partial charge >= 0.3 is 5.97 Å². The average molecular weight is 276 g/mol. The maximum Gasteiger partial charge on any atom is 0.303 e. The summed E-state index contributed by atoms with van der Waals surface area (Å²) in [5.41, 5.74) is 0. The molecule has 0 atom stereocenters. The molecule has 1 heterocycles. The molecule has 0 fully saturated rings. The zero-order valence-corrected chi connectivity index (χ0v) is 9.84. The monoisotopic (exact) mass is 275 g/mol. The molecule has 1 N–H and O–H groups in total. The van der Waals surface area contributed by atoms with Crippen LogP contribution in [0.1, 0.15) is 12.8 Å². The SMILES string of the molecule is O=C(O)CCCSc1ccc(Br)cn1. The van der Waals surface area contributed by atoms with Crippen LogP contribution in [0.15, 0.2) is 27.8 Å². The Labute approximate surface area is 95.1 Å². The van der Waals surface area contributed by atoms with E-state index >= 15 is 0 Å². The minimum atomic E-state index is -0.741. The molecule has 0 bridgehead atoms. The minimum Gasteiger partial charge on any atom is -0.481 e. The van der Waals surface area contributed by atoms with Crippen LogP contribution in [-0.2, 0) is 4.79 Å². The third kappa shape index (κ3) is 4.62. The van der Waals surface area contributed by atoms with Crippen LogP contribution in [-0.4, -0.2) is 21.8 Å².